The Kier molecular flexibility index (Phi) is 7.74. The van der Waals surface area contributed by atoms with Crippen molar-refractivity contribution in [1.82, 2.24) is 0 Å². The van der Waals surface area contributed by atoms with Gasteiger partial charge in [0, 0.05) is 5.02 Å². The molecule has 0 unspecified atom stereocenters. The Hall–Kier alpha value is -2.22. The van der Waals surface area contributed by atoms with Gasteiger partial charge in [0.05, 0.1) is 17.3 Å². The van der Waals surface area contributed by atoms with E-state index < -0.39 is 22.5 Å². The summed E-state index contributed by atoms with van der Waals surface area (Å²) in [6, 6.07) is 10.3. The van der Waals surface area contributed by atoms with E-state index in [-0.39, 0.29) is 27.2 Å². The van der Waals surface area contributed by atoms with Crippen molar-refractivity contribution < 1.29 is 22.7 Å². The molecule has 0 radical (unpaired) electrons. The molecule has 0 aliphatic carbocycles. The zero-order valence-electron chi connectivity index (χ0n) is 15.1. The summed E-state index contributed by atoms with van der Waals surface area (Å²) in [5, 5.41) is 0.191. The molecule has 2 rings (SSSR count). The van der Waals surface area contributed by atoms with E-state index in [2.05, 4.69) is 6.58 Å². The SMILES string of the molecule is C=CCOc1ccc(N(CC(=O)OCC)S(=O)(=O)c2cc(Cl)ccc2Cl)cc1. The molecular formula is C19H19Cl2NO5S. The van der Waals surface area contributed by atoms with Crippen LogP contribution in [0.5, 0.6) is 5.75 Å². The highest BCUT2D eigenvalue weighted by Crippen LogP contribution is 2.31. The lowest BCUT2D eigenvalue weighted by molar-refractivity contribution is -0.141. The number of hydrogen-bond donors (Lipinski definition) is 0. The lowest BCUT2D eigenvalue weighted by Crippen LogP contribution is -2.36. The Labute approximate surface area is 174 Å². The number of benzene rings is 2. The van der Waals surface area contributed by atoms with E-state index >= 15 is 0 Å². The fourth-order valence-corrected chi connectivity index (χ4v) is 4.45. The van der Waals surface area contributed by atoms with Crippen LogP contribution in [0, 0.1) is 0 Å². The summed E-state index contributed by atoms with van der Waals surface area (Å²) in [6.07, 6.45) is 1.59. The van der Waals surface area contributed by atoms with E-state index in [1.807, 2.05) is 0 Å². The number of nitrogens with zero attached hydrogens (tertiary/aromatic N) is 1. The quantitative estimate of drug-likeness (QED) is 0.426. The molecule has 0 spiro atoms. The number of carbonyl (C=O) groups excluding carboxylic acids is 1. The molecule has 28 heavy (non-hydrogen) atoms. The van der Waals surface area contributed by atoms with Gasteiger partial charge < -0.3 is 9.47 Å². The zero-order chi connectivity index (χ0) is 20.7. The summed E-state index contributed by atoms with van der Waals surface area (Å²) >= 11 is 12.0. The zero-order valence-corrected chi connectivity index (χ0v) is 17.4. The first kappa shape index (κ1) is 22.1. The van der Waals surface area contributed by atoms with Crippen LogP contribution in [0.3, 0.4) is 0 Å². The molecule has 9 heteroatoms. The van der Waals surface area contributed by atoms with Crippen LogP contribution >= 0.6 is 23.2 Å². The first-order chi connectivity index (χ1) is 13.3. The van der Waals surface area contributed by atoms with Gasteiger partial charge in [-0.1, -0.05) is 35.9 Å². The first-order valence-corrected chi connectivity index (χ1v) is 10.5. The van der Waals surface area contributed by atoms with Gasteiger partial charge in [0.25, 0.3) is 10.0 Å². The Morgan fingerprint density at radius 2 is 1.86 bits per heavy atom. The van der Waals surface area contributed by atoms with Crippen LogP contribution in [0.4, 0.5) is 5.69 Å². The first-order valence-electron chi connectivity index (χ1n) is 8.26. The molecular weight excluding hydrogens is 425 g/mol. The van der Waals surface area contributed by atoms with Crippen LogP contribution in [0.2, 0.25) is 10.0 Å². The second-order valence-corrected chi connectivity index (χ2v) is 8.16. The molecule has 150 valence electrons. The van der Waals surface area contributed by atoms with Crippen LogP contribution in [-0.4, -0.2) is 34.1 Å². The lowest BCUT2D eigenvalue weighted by Gasteiger charge is -2.24. The molecule has 0 N–H and O–H groups in total. The minimum atomic E-state index is -4.19. The summed E-state index contributed by atoms with van der Waals surface area (Å²) in [6.45, 7) is 5.11. The maximum Gasteiger partial charge on any atom is 0.326 e. The standard InChI is InChI=1S/C19H19Cl2NO5S/c1-3-11-27-16-8-6-15(7-9-16)22(13-19(23)26-4-2)28(24,25)18-12-14(20)5-10-17(18)21/h3,5-10,12H,1,4,11,13H2,2H3. The maximum atomic E-state index is 13.2. The maximum absolute atomic E-state index is 13.2. The monoisotopic (exact) mass is 443 g/mol. The fourth-order valence-electron chi connectivity index (χ4n) is 2.30. The highest BCUT2D eigenvalue weighted by atomic mass is 35.5. The number of anilines is 1. The van der Waals surface area contributed by atoms with Gasteiger partial charge in [-0.15, -0.1) is 0 Å². The molecule has 0 fully saturated rings. The van der Waals surface area contributed by atoms with Crippen molar-refractivity contribution in [2.45, 2.75) is 11.8 Å². The number of ether oxygens (including phenoxy) is 2. The van der Waals surface area contributed by atoms with Gasteiger partial charge in [0.1, 0.15) is 23.8 Å². The fraction of sp³-hybridized carbons (Fsp3) is 0.211. The highest BCUT2D eigenvalue weighted by Gasteiger charge is 2.30. The molecule has 0 aliphatic heterocycles. The Balaban J connectivity index is 2.47. The Morgan fingerprint density at radius 1 is 1.18 bits per heavy atom. The molecule has 0 saturated carbocycles. The third kappa shape index (κ3) is 5.41. The van der Waals surface area contributed by atoms with Crippen molar-refractivity contribution >= 4 is 44.9 Å². The number of rotatable bonds is 9. The molecule has 0 aromatic heterocycles. The molecule has 0 amide bonds. The second kappa shape index (κ2) is 9.82. The summed E-state index contributed by atoms with van der Waals surface area (Å²) in [5.41, 5.74) is 0.245. The van der Waals surface area contributed by atoms with Crippen LogP contribution in [0.25, 0.3) is 0 Å². The smallest absolute Gasteiger partial charge is 0.326 e. The van der Waals surface area contributed by atoms with Crippen molar-refractivity contribution in [2.24, 2.45) is 0 Å². The normalized spacial score (nSPS) is 11.0. The predicted octanol–water partition coefficient (Wildman–Crippen LogP) is 4.32. The van der Waals surface area contributed by atoms with Gasteiger partial charge in [-0.25, -0.2) is 8.42 Å². The largest absolute Gasteiger partial charge is 0.490 e. The molecule has 0 aliphatic rings. The second-order valence-electron chi connectivity index (χ2n) is 5.49. The van der Waals surface area contributed by atoms with Gasteiger partial charge in [-0.05, 0) is 49.4 Å². The summed E-state index contributed by atoms with van der Waals surface area (Å²) in [4.78, 5) is 11.8. The Morgan fingerprint density at radius 3 is 2.46 bits per heavy atom. The van der Waals surface area contributed by atoms with Crippen molar-refractivity contribution in [3.05, 3.63) is 65.2 Å². The predicted molar refractivity (Wildman–Crippen MR) is 110 cm³/mol. The van der Waals surface area contributed by atoms with Crippen molar-refractivity contribution in [1.29, 1.82) is 0 Å². The summed E-state index contributed by atoms with van der Waals surface area (Å²) in [7, 11) is -4.19. The summed E-state index contributed by atoms with van der Waals surface area (Å²) < 4.78 is 37.7. The molecule has 0 heterocycles. The molecule has 2 aromatic rings. The van der Waals surface area contributed by atoms with Crippen LogP contribution < -0.4 is 9.04 Å². The van der Waals surface area contributed by atoms with Crippen LogP contribution in [0.15, 0.2) is 60.0 Å². The topological polar surface area (TPSA) is 72.9 Å². The van der Waals surface area contributed by atoms with Gasteiger partial charge in [-0.3, -0.25) is 9.10 Å². The minimum absolute atomic E-state index is 0.0100. The van der Waals surface area contributed by atoms with E-state index in [4.69, 9.17) is 32.7 Å². The van der Waals surface area contributed by atoms with Crippen molar-refractivity contribution in [3.8, 4) is 5.75 Å². The average molecular weight is 444 g/mol. The van der Waals surface area contributed by atoms with Crippen molar-refractivity contribution in [2.75, 3.05) is 24.1 Å². The van der Waals surface area contributed by atoms with E-state index in [0.29, 0.717) is 12.4 Å². The third-order valence-electron chi connectivity index (χ3n) is 3.53. The number of sulfonamides is 1. The number of halogens is 2. The van der Waals surface area contributed by atoms with E-state index in [1.54, 1.807) is 25.1 Å². The number of hydrogen-bond acceptors (Lipinski definition) is 5. The van der Waals surface area contributed by atoms with E-state index in [9.17, 15) is 13.2 Å². The lowest BCUT2D eigenvalue weighted by atomic mass is 10.3. The van der Waals surface area contributed by atoms with Crippen LogP contribution in [-0.2, 0) is 19.6 Å². The molecule has 0 atom stereocenters. The van der Waals surface area contributed by atoms with Gasteiger partial charge in [0.15, 0.2) is 0 Å². The Bertz CT molecular complexity index is 945. The van der Waals surface area contributed by atoms with E-state index in [1.165, 1.54) is 30.3 Å². The third-order valence-corrected chi connectivity index (χ3v) is 6.02. The van der Waals surface area contributed by atoms with Crippen molar-refractivity contribution in [3.63, 3.8) is 0 Å². The molecule has 0 saturated heterocycles. The minimum Gasteiger partial charge on any atom is -0.490 e. The molecule has 2 aromatic carbocycles. The van der Waals surface area contributed by atoms with Gasteiger partial charge in [0.2, 0.25) is 0 Å². The molecule has 6 nitrogen and oxygen atoms in total. The van der Waals surface area contributed by atoms with E-state index in [0.717, 1.165) is 4.31 Å². The summed E-state index contributed by atoms with van der Waals surface area (Å²) in [5.74, 6) is -0.172. The number of carbonyl (C=O) groups is 1. The molecule has 0 bridgehead atoms. The van der Waals surface area contributed by atoms with Gasteiger partial charge in [-0.2, -0.15) is 0 Å². The van der Waals surface area contributed by atoms with Crippen LogP contribution in [0.1, 0.15) is 6.92 Å². The average Bonchev–Trinajstić information content (AvgIpc) is 2.67. The van der Waals surface area contributed by atoms with Gasteiger partial charge >= 0.3 is 5.97 Å². The highest BCUT2D eigenvalue weighted by molar-refractivity contribution is 7.93. The number of esters is 1.